The fourth-order valence-corrected chi connectivity index (χ4v) is 2.12. The summed E-state index contributed by atoms with van der Waals surface area (Å²) in [4.78, 5) is 37.4. The summed E-state index contributed by atoms with van der Waals surface area (Å²) >= 11 is 0. The van der Waals surface area contributed by atoms with Gasteiger partial charge >= 0.3 is 11.7 Å². The molecule has 0 aliphatic heterocycles. The van der Waals surface area contributed by atoms with E-state index in [4.69, 9.17) is 14.9 Å². The molecule has 0 aliphatic carbocycles. The SMILES string of the molecule is CN(C)c1nc(N)nc(COC(=O)Cn2nc(-c3ccc(F)cc3)oc2=O)n1. The summed E-state index contributed by atoms with van der Waals surface area (Å²) in [5, 5.41) is 3.90. The summed E-state index contributed by atoms with van der Waals surface area (Å²) in [5.74, 6) is -1.63. The number of nitrogen functional groups attached to an aromatic ring is 1. The Hall–Kier alpha value is -3.83. The van der Waals surface area contributed by atoms with Gasteiger partial charge in [0.15, 0.2) is 12.4 Å². The van der Waals surface area contributed by atoms with E-state index >= 15 is 0 Å². The molecule has 0 fully saturated rings. The lowest BCUT2D eigenvalue weighted by Crippen LogP contribution is -2.23. The van der Waals surface area contributed by atoms with E-state index in [9.17, 15) is 14.0 Å². The number of anilines is 2. The van der Waals surface area contributed by atoms with Crippen molar-refractivity contribution in [2.24, 2.45) is 0 Å². The number of carbonyl (C=O) groups excluding carboxylic acids is 1. The third kappa shape index (κ3) is 4.47. The highest BCUT2D eigenvalue weighted by molar-refractivity contribution is 5.69. The van der Waals surface area contributed by atoms with Crippen LogP contribution in [-0.4, -0.2) is 44.8 Å². The molecule has 12 heteroatoms. The second-order valence-electron chi connectivity index (χ2n) is 5.80. The normalized spacial score (nSPS) is 10.7. The van der Waals surface area contributed by atoms with Gasteiger partial charge in [-0.3, -0.25) is 4.79 Å². The van der Waals surface area contributed by atoms with Crippen LogP contribution in [0.5, 0.6) is 0 Å². The smallest absolute Gasteiger partial charge is 0.437 e. The van der Waals surface area contributed by atoms with Crippen molar-refractivity contribution in [1.82, 2.24) is 24.7 Å². The van der Waals surface area contributed by atoms with Gasteiger partial charge in [0.2, 0.25) is 17.8 Å². The molecule has 2 heterocycles. The third-order valence-corrected chi connectivity index (χ3v) is 3.43. The molecule has 0 spiro atoms. The van der Waals surface area contributed by atoms with Crippen molar-refractivity contribution in [1.29, 1.82) is 0 Å². The first-order chi connectivity index (χ1) is 13.3. The quantitative estimate of drug-likeness (QED) is 0.582. The summed E-state index contributed by atoms with van der Waals surface area (Å²) in [5.41, 5.74) is 5.98. The second-order valence-corrected chi connectivity index (χ2v) is 5.80. The van der Waals surface area contributed by atoms with Crippen LogP contribution in [0.15, 0.2) is 33.5 Å². The Bertz CT molecular complexity index is 1050. The average molecular weight is 389 g/mol. The molecule has 0 unspecified atom stereocenters. The summed E-state index contributed by atoms with van der Waals surface area (Å²) in [6.45, 7) is -0.742. The Morgan fingerprint density at radius 1 is 1.25 bits per heavy atom. The molecule has 3 rings (SSSR count). The standard InChI is InChI=1S/C16H16FN7O4/c1-23(2)15-20-11(19-14(18)21-15)8-27-12(25)7-24-16(26)28-13(22-24)9-3-5-10(17)6-4-9/h3-6H,7-8H2,1-2H3,(H2,18,19,20,21). The number of nitrogens with two attached hydrogens (primary N) is 1. The van der Waals surface area contributed by atoms with E-state index in [1.807, 2.05) is 0 Å². The summed E-state index contributed by atoms with van der Waals surface area (Å²) < 4.78 is 23.8. The summed E-state index contributed by atoms with van der Waals surface area (Å²) in [7, 11) is 3.44. The molecule has 3 aromatic rings. The summed E-state index contributed by atoms with van der Waals surface area (Å²) in [6.07, 6.45) is 0. The van der Waals surface area contributed by atoms with E-state index in [0.717, 1.165) is 4.68 Å². The minimum Gasteiger partial charge on any atom is -0.456 e. The van der Waals surface area contributed by atoms with Crippen LogP contribution in [0, 0.1) is 5.82 Å². The van der Waals surface area contributed by atoms with Crippen LogP contribution in [0.25, 0.3) is 11.5 Å². The van der Waals surface area contributed by atoms with Gasteiger partial charge in [-0.2, -0.15) is 19.6 Å². The van der Waals surface area contributed by atoms with Crippen LogP contribution >= 0.6 is 0 Å². The maximum atomic E-state index is 13.0. The van der Waals surface area contributed by atoms with E-state index < -0.39 is 24.1 Å². The first-order valence-electron chi connectivity index (χ1n) is 7.99. The molecule has 0 atom stereocenters. The highest BCUT2D eigenvalue weighted by Gasteiger charge is 2.15. The van der Waals surface area contributed by atoms with E-state index in [-0.39, 0.29) is 24.3 Å². The van der Waals surface area contributed by atoms with Gasteiger partial charge in [-0.1, -0.05) is 0 Å². The average Bonchev–Trinajstić information content (AvgIpc) is 3.00. The lowest BCUT2D eigenvalue weighted by atomic mass is 10.2. The number of benzene rings is 1. The van der Waals surface area contributed by atoms with E-state index in [1.54, 1.807) is 19.0 Å². The molecule has 146 valence electrons. The minimum absolute atomic E-state index is 0.0126. The van der Waals surface area contributed by atoms with Crippen molar-refractivity contribution in [3.05, 3.63) is 46.5 Å². The van der Waals surface area contributed by atoms with Crippen LogP contribution in [0.1, 0.15) is 5.82 Å². The van der Waals surface area contributed by atoms with Gasteiger partial charge in [0, 0.05) is 19.7 Å². The molecular weight excluding hydrogens is 373 g/mol. The van der Waals surface area contributed by atoms with E-state index in [2.05, 4.69) is 20.1 Å². The van der Waals surface area contributed by atoms with Crippen molar-refractivity contribution in [3.63, 3.8) is 0 Å². The molecule has 0 bridgehead atoms. The van der Waals surface area contributed by atoms with Gasteiger partial charge in [0.1, 0.15) is 12.4 Å². The number of hydrogen-bond donors (Lipinski definition) is 1. The molecule has 0 saturated carbocycles. The van der Waals surface area contributed by atoms with Crippen molar-refractivity contribution >= 4 is 17.9 Å². The zero-order valence-corrected chi connectivity index (χ0v) is 15.0. The maximum Gasteiger partial charge on any atom is 0.437 e. The van der Waals surface area contributed by atoms with Gasteiger partial charge in [-0.15, -0.1) is 5.10 Å². The van der Waals surface area contributed by atoms with Gasteiger partial charge < -0.3 is 19.8 Å². The van der Waals surface area contributed by atoms with Crippen LogP contribution in [-0.2, 0) is 22.7 Å². The Labute approximate surface area is 157 Å². The third-order valence-electron chi connectivity index (χ3n) is 3.43. The predicted octanol–water partition coefficient (Wildman–Crippen LogP) is 0.219. The number of rotatable bonds is 6. The Morgan fingerprint density at radius 3 is 2.64 bits per heavy atom. The lowest BCUT2D eigenvalue weighted by molar-refractivity contribution is -0.146. The second kappa shape index (κ2) is 7.82. The van der Waals surface area contributed by atoms with Gasteiger partial charge in [-0.05, 0) is 24.3 Å². The van der Waals surface area contributed by atoms with Gasteiger partial charge in [0.05, 0.1) is 0 Å². The number of carbonyl (C=O) groups is 1. The molecule has 28 heavy (non-hydrogen) atoms. The Balaban J connectivity index is 1.66. The Kier molecular flexibility index (Phi) is 5.29. The zero-order valence-electron chi connectivity index (χ0n) is 15.0. The topological polar surface area (TPSA) is 142 Å². The monoisotopic (exact) mass is 389 g/mol. The van der Waals surface area contributed by atoms with Crippen molar-refractivity contribution in [3.8, 4) is 11.5 Å². The predicted molar refractivity (Wildman–Crippen MR) is 94.5 cm³/mol. The summed E-state index contributed by atoms with van der Waals surface area (Å²) in [6, 6.07) is 5.20. The largest absolute Gasteiger partial charge is 0.456 e. The molecule has 0 amide bonds. The number of halogens is 1. The number of esters is 1. The zero-order chi connectivity index (χ0) is 20.3. The van der Waals surface area contributed by atoms with Crippen LogP contribution in [0.4, 0.5) is 16.3 Å². The number of ether oxygens (including phenoxy) is 1. The van der Waals surface area contributed by atoms with Gasteiger partial charge in [-0.25, -0.2) is 9.18 Å². The van der Waals surface area contributed by atoms with Crippen LogP contribution in [0.2, 0.25) is 0 Å². The number of nitrogens with zero attached hydrogens (tertiary/aromatic N) is 6. The first kappa shape index (κ1) is 18.9. The van der Waals surface area contributed by atoms with E-state index in [1.165, 1.54) is 24.3 Å². The number of aromatic nitrogens is 5. The number of hydrogen-bond acceptors (Lipinski definition) is 10. The van der Waals surface area contributed by atoms with Crippen LogP contribution in [0.3, 0.4) is 0 Å². The highest BCUT2D eigenvalue weighted by Crippen LogP contribution is 2.15. The molecule has 1 aromatic carbocycles. The minimum atomic E-state index is -0.851. The molecule has 2 aromatic heterocycles. The molecule has 2 N–H and O–H groups in total. The van der Waals surface area contributed by atoms with E-state index in [0.29, 0.717) is 11.5 Å². The van der Waals surface area contributed by atoms with Crippen molar-refractivity contribution in [2.75, 3.05) is 24.7 Å². The first-order valence-corrected chi connectivity index (χ1v) is 7.99. The molecular formula is C16H16FN7O4. The molecule has 0 radical (unpaired) electrons. The highest BCUT2D eigenvalue weighted by atomic mass is 19.1. The molecule has 11 nitrogen and oxygen atoms in total. The van der Waals surface area contributed by atoms with Crippen molar-refractivity contribution in [2.45, 2.75) is 13.2 Å². The lowest BCUT2D eigenvalue weighted by Gasteiger charge is -2.11. The fourth-order valence-electron chi connectivity index (χ4n) is 2.12. The van der Waals surface area contributed by atoms with Gasteiger partial charge in [0.25, 0.3) is 0 Å². The van der Waals surface area contributed by atoms with Crippen LogP contribution < -0.4 is 16.4 Å². The van der Waals surface area contributed by atoms with Crippen molar-refractivity contribution < 1.29 is 18.3 Å². The molecule has 0 saturated heterocycles. The molecule has 0 aliphatic rings. The fraction of sp³-hybridized carbons (Fsp3) is 0.250. The maximum absolute atomic E-state index is 13.0. The Morgan fingerprint density at radius 2 is 1.96 bits per heavy atom.